The fourth-order valence-electron chi connectivity index (χ4n) is 0.765. The van der Waals surface area contributed by atoms with Crippen molar-refractivity contribution < 1.29 is 4.79 Å². The van der Waals surface area contributed by atoms with Crippen molar-refractivity contribution in [3.05, 3.63) is 0 Å². The molecule has 0 aromatic rings. The first-order chi connectivity index (χ1) is 5.52. The van der Waals surface area contributed by atoms with E-state index >= 15 is 0 Å². The summed E-state index contributed by atoms with van der Waals surface area (Å²) < 4.78 is 0. The number of carbonyl (C=O) groups is 1. The Labute approximate surface area is 74.7 Å². The summed E-state index contributed by atoms with van der Waals surface area (Å²) >= 11 is 0. The Morgan fingerprint density at radius 1 is 1.42 bits per heavy atom. The molecule has 0 saturated carbocycles. The third-order valence-corrected chi connectivity index (χ3v) is 1.53. The van der Waals surface area contributed by atoms with E-state index in [0.717, 1.165) is 13.0 Å². The van der Waals surface area contributed by atoms with Gasteiger partial charge in [-0.25, -0.2) is 0 Å². The normalized spacial score (nSPS) is 13.1. The highest BCUT2D eigenvalue weighted by atomic mass is 16.1. The smallest absolute Gasteiger partial charge is 0.220 e. The van der Waals surface area contributed by atoms with Crippen LogP contribution in [-0.2, 0) is 4.79 Å². The van der Waals surface area contributed by atoms with Gasteiger partial charge in [0.05, 0.1) is 0 Å². The molecule has 1 unspecified atom stereocenters. The van der Waals surface area contributed by atoms with E-state index in [1.165, 1.54) is 0 Å². The van der Waals surface area contributed by atoms with E-state index < -0.39 is 0 Å². The van der Waals surface area contributed by atoms with Crippen LogP contribution in [0.5, 0.6) is 0 Å². The molecular formula is C9H20N2O. The zero-order valence-electron chi connectivity index (χ0n) is 8.26. The first-order valence-electron chi connectivity index (χ1n) is 4.54. The molecule has 0 aliphatic heterocycles. The topological polar surface area (TPSA) is 55.1 Å². The van der Waals surface area contributed by atoms with Gasteiger partial charge in [-0.15, -0.1) is 0 Å². The van der Waals surface area contributed by atoms with Gasteiger partial charge in [0.1, 0.15) is 0 Å². The Kier molecular flexibility index (Phi) is 5.72. The van der Waals surface area contributed by atoms with Gasteiger partial charge in [0, 0.05) is 19.0 Å². The van der Waals surface area contributed by atoms with Crippen LogP contribution in [0.4, 0.5) is 0 Å². The number of hydrogen-bond donors (Lipinski definition) is 2. The molecule has 0 rings (SSSR count). The highest BCUT2D eigenvalue weighted by Crippen LogP contribution is 1.94. The number of carbonyl (C=O) groups excluding carboxylic acids is 1. The molecule has 0 spiro atoms. The summed E-state index contributed by atoms with van der Waals surface area (Å²) in [6, 6.07) is 0.120. The van der Waals surface area contributed by atoms with Crippen LogP contribution in [-0.4, -0.2) is 18.5 Å². The summed E-state index contributed by atoms with van der Waals surface area (Å²) in [4.78, 5) is 11.1. The summed E-state index contributed by atoms with van der Waals surface area (Å²) in [5.74, 6) is 0.630. The van der Waals surface area contributed by atoms with Gasteiger partial charge in [0.15, 0.2) is 0 Å². The molecule has 0 aromatic carbocycles. The molecule has 3 nitrogen and oxygen atoms in total. The first-order valence-corrected chi connectivity index (χ1v) is 4.54. The number of rotatable bonds is 5. The molecule has 0 bridgehead atoms. The second-order valence-corrected chi connectivity index (χ2v) is 3.71. The molecule has 12 heavy (non-hydrogen) atoms. The van der Waals surface area contributed by atoms with Gasteiger partial charge < -0.3 is 11.1 Å². The van der Waals surface area contributed by atoms with Gasteiger partial charge in [0.2, 0.25) is 5.91 Å². The second kappa shape index (κ2) is 6.00. The summed E-state index contributed by atoms with van der Waals surface area (Å²) in [6.07, 6.45) is 1.31. The van der Waals surface area contributed by atoms with E-state index in [1.54, 1.807) is 0 Å². The number of amides is 1. The Balaban J connectivity index is 3.34. The SMILES string of the molecule is CC(C)CNC(=O)CCC(C)N. The molecule has 72 valence electrons. The molecule has 0 fully saturated rings. The maximum absolute atomic E-state index is 11.1. The first kappa shape index (κ1) is 11.4. The molecule has 0 saturated heterocycles. The van der Waals surface area contributed by atoms with Crippen molar-refractivity contribution >= 4 is 5.91 Å². The zero-order chi connectivity index (χ0) is 9.56. The Morgan fingerprint density at radius 2 is 2.00 bits per heavy atom. The van der Waals surface area contributed by atoms with Crippen molar-refractivity contribution in [3.63, 3.8) is 0 Å². The minimum atomic E-state index is 0.112. The van der Waals surface area contributed by atoms with Crippen LogP contribution in [0.15, 0.2) is 0 Å². The standard InChI is InChI=1S/C9H20N2O/c1-7(2)6-11-9(12)5-4-8(3)10/h7-8H,4-6,10H2,1-3H3,(H,11,12). The minimum Gasteiger partial charge on any atom is -0.356 e. The van der Waals surface area contributed by atoms with Crippen LogP contribution in [0.25, 0.3) is 0 Å². The van der Waals surface area contributed by atoms with E-state index in [2.05, 4.69) is 19.2 Å². The summed E-state index contributed by atoms with van der Waals surface area (Å²) in [7, 11) is 0. The van der Waals surface area contributed by atoms with Gasteiger partial charge in [-0.1, -0.05) is 13.8 Å². The summed E-state index contributed by atoms with van der Waals surface area (Å²) in [6.45, 7) is 6.82. The average molecular weight is 172 g/mol. The van der Waals surface area contributed by atoms with E-state index in [1.807, 2.05) is 6.92 Å². The summed E-state index contributed by atoms with van der Waals surface area (Å²) in [5.41, 5.74) is 5.52. The van der Waals surface area contributed by atoms with Gasteiger partial charge in [-0.2, -0.15) is 0 Å². The number of hydrogen-bond acceptors (Lipinski definition) is 2. The lowest BCUT2D eigenvalue weighted by Crippen LogP contribution is -2.28. The highest BCUT2D eigenvalue weighted by molar-refractivity contribution is 5.75. The molecule has 1 amide bonds. The van der Waals surface area contributed by atoms with Crippen molar-refractivity contribution in [2.45, 2.75) is 39.7 Å². The molecule has 3 N–H and O–H groups in total. The van der Waals surface area contributed by atoms with Crippen LogP contribution in [0.3, 0.4) is 0 Å². The van der Waals surface area contributed by atoms with E-state index in [-0.39, 0.29) is 11.9 Å². The van der Waals surface area contributed by atoms with Crippen LogP contribution in [0.2, 0.25) is 0 Å². The largest absolute Gasteiger partial charge is 0.356 e. The quantitative estimate of drug-likeness (QED) is 0.647. The van der Waals surface area contributed by atoms with E-state index in [4.69, 9.17) is 5.73 Å². The Hall–Kier alpha value is -0.570. The molecule has 0 heterocycles. The minimum absolute atomic E-state index is 0.112. The van der Waals surface area contributed by atoms with Crippen LogP contribution >= 0.6 is 0 Å². The molecule has 0 aliphatic carbocycles. The molecule has 0 radical (unpaired) electrons. The van der Waals surface area contributed by atoms with Crippen molar-refractivity contribution in [3.8, 4) is 0 Å². The van der Waals surface area contributed by atoms with Gasteiger partial charge >= 0.3 is 0 Å². The lowest BCUT2D eigenvalue weighted by Gasteiger charge is -2.08. The van der Waals surface area contributed by atoms with E-state index in [0.29, 0.717) is 12.3 Å². The predicted molar refractivity (Wildman–Crippen MR) is 50.7 cm³/mol. The second-order valence-electron chi connectivity index (χ2n) is 3.71. The molecule has 0 aliphatic rings. The zero-order valence-corrected chi connectivity index (χ0v) is 8.26. The van der Waals surface area contributed by atoms with Crippen molar-refractivity contribution in [2.75, 3.05) is 6.54 Å². The number of nitrogens with one attached hydrogen (secondary N) is 1. The Morgan fingerprint density at radius 3 is 2.42 bits per heavy atom. The van der Waals surface area contributed by atoms with Gasteiger partial charge in [0.25, 0.3) is 0 Å². The Bertz CT molecular complexity index is 118. The van der Waals surface area contributed by atoms with Gasteiger partial charge in [-0.3, -0.25) is 4.79 Å². The van der Waals surface area contributed by atoms with Crippen LogP contribution in [0.1, 0.15) is 33.6 Å². The maximum atomic E-state index is 11.1. The summed E-state index contributed by atoms with van der Waals surface area (Å²) in [5, 5.41) is 2.84. The maximum Gasteiger partial charge on any atom is 0.220 e. The number of nitrogens with two attached hydrogens (primary N) is 1. The third kappa shape index (κ3) is 7.54. The van der Waals surface area contributed by atoms with Crippen LogP contribution in [0, 0.1) is 5.92 Å². The molecule has 1 atom stereocenters. The highest BCUT2D eigenvalue weighted by Gasteiger charge is 2.03. The monoisotopic (exact) mass is 172 g/mol. The van der Waals surface area contributed by atoms with Crippen LogP contribution < -0.4 is 11.1 Å². The predicted octanol–water partition coefficient (Wildman–Crippen LogP) is 0.886. The average Bonchev–Trinajstić information content (AvgIpc) is 1.96. The lowest BCUT2D eigenvalue weighted by molar-refractivity contribution is -0.121. The fourth-order valence-corrected chi connectivity index (χ4v) is 0.765. The molecular weight excluding hydrogens is 152 g/mol. The molecule has 0 aromatic heterocycles. The van der Waals surface area contributed by atoms with E-state index in [9.17, 15) is 4.79 Å². The fraction of sp³-hybridized carbons (Fsp3) is 0.889. The third-order valence-electron chi connectivity index (χ3n) is 1.53. The van der Waals surface area contributed by atoms with Crippen molar-refractivity contribution in [1.82, 2.24) is 5.32 Å². The van der Waals surface area contributed by atoms with Crippen molar-refractivity contribution in [1.29, 1.82) is 0 Å². The van der Waals surface area contributed by atoms with Crippen molar-refractivity contribution in [2.24, 2.45) is 11.7 Å². The van der Waals surface area contributed by atoms with Gasteiger partial charge in [-0.05, 0) is 19.3 Å². The lowest BCUT2D eigenvalue weighted by atomic mass is 10.2. The molecule has 3 heteroatoms.